The van der Waals surface area contributed by atoms with Gasteiger partial charge in [-0.15, -0.1) is 5.10 Å². The second-order valence-electron chi connectivity index (χ2n) is 3.75. The lowest BCUT2D eigenvalue weighted by Gasteiger charge is -2.09. The van der Waals surface area contributed by atoms with Gasteiger partial charge >= 0.3 is 0 Å². The van der Waals surface area contributed by atoms with Crippen LogP contribution in [-0.2, 0) is 4.74 Å². The Labute approximate surface area is 101 Å². The molecule has 17 heavy (non-hydrogen) atoms. The maximum absolute atomic E-state index is 5.64. The van der Waals surface area contributed by atoms with Crippen molar-refractivity contribution >= 4 is 5.90 Å². The molecule has 0 saturated carbocycles. The summed E-state index contributed by atoms with van der Waals surface area (Å²) >= 11 is 0. The number of hydrogen-bond acceptors (Lipinski definition) is 4. The predicted molar refractivity (Wildman–Crippen MR) is 66.7 cm³/mol. The van der Waals surface area contributed by atoms with Gasteiger partial charge in [0.25, 0.3) is 0 Å². The standard InChI is InChI=1S/C13H16N2O2/c1-3-4-9-16-13-11-7-5-6-8-12(11)17-10(2)14-15-13/h5-8,14H,2-4,9H2,1H3. The van der Waals surface area contributed by atoms with Crippen LogP contribution >= 0.6 is 0 Å². The maximum Gasteiger partial charge on any atom is 0.242 e. The summed E-state index contributed by atoms with van der Waals surface area (Å²) in [5.74, 6) is 1.65. The first-order chi connectivity index (χ1) is 8.31. The van der Waals surface area contributed by atoms with Crippen LogP contribution in [0, 0.1) is 0 Å². The molecule has 0 amide bonds. The Hall–Kier alpha value is -1.97. The zero-order valence-corrected chi connectivity index (χ0v) is 9.90. The summed E-state index contributed by atoms with van der Waals surface area (Å²) in [6.07, 6.45) is 2.09. The van der Waals surface area contributed by atoms with Crippen molar-refractivity contribution in [1.82, 2.24) is 5.43 Å². The number of unbranched alkanes of at least 4 members (excludes halogenated alkanes) is 1. The normalized spacial score (nSPS) is 13.9. The van der Waals surface area contributed by atoms with E-state index in [0.717, 1.165) is 18.4 Å². The third kappa shape index (κ3) is 2.78. The number of hydrazone groups is 1. The van der Waals surface area contributed by atoms with E-state index >= 15 is 0 Å². The van der Waals surface area contributed by atoms with Crippen molar-refractivity contribution < 1.29 is 9.47 Å². The Morgan fingerprint density at radius 2 is 2.24 bits per heavy atom. The quantitative estimate of drug-likeness (QED) is 0.815. The van der Waals surface area contributed by atoms with E-state index in [0.29, 0.717) is 24.1 Å². The molecule has 0 aliphatic carbocycles. The Balaban J connectivity index is 2.22. The predicted octanol–water partition coefficient (Wildman–Crippen LogP) is 2.62. The first kappa shape index (κ1) is 11.5. The van der Waals surface area contributed by atoms with Crippen LogP contribution in [0.5, 0.6) is 5.75 Å². The molecule has 1 aliphatic heterocycles. The van der Waals surface area contributed by atoms with Gasteiger partial charge in [-0.3, -0.25) is 0 Å². The zero-order chi connectivity index (χ0) is 12.1. The van der Waals surface area contributed by atoms with Gasteiger partial charge in [-0.05, 0) is 25.1 Å². The zero-order valence-electron chi connectivity index (χ0n) is 9.90. The van der Waals surface area contributed by atoms with E-state index in [1.54, 1.807) is 0 Å². The summed E-state index contributed by atoms with van der Waals surface area (Å²) < 4.78 is 11.1. The summed E-state index contributed by atoms with van der Waals surface area (Å²) in [5, 5.41) is 4.14. The number of hydrogen-bond donors (Lipinski definition) is 1. The monoisotopic (exact) mass is 232 g/mol. The number of nitrogens with one attached hydrogen (secondary N) is 1. The van der Waals surface area contributed by atoms with Crippen LogP contribution in [-0.4, -0.2) is 12.5 Å². The highest BCUT2D eigenvalue weighted by molar-refractivity contribution is 5.97. The first-order valence-electron chi connectivity index (χ1n) is 5.74. The van der Waals surface area contributed by atoms with Gasteiger partial charge in [0.05, 0.1) is 12.2 Å². The summed E-state index contributed by atoms with van der Waals surface area (Å²) in [4.78, 5) is 0. The molecule has 1 aliphatic rings. The van der Waals surface area contributed by atoms with Crippen molar-refractivity contribution in [3.05, 3.63) is 42.3 Å². The Morgan fingerprint density at radius 3 is 3.06 bits per heavy atom. The van der Waals surface area contributed by atoms with Gasteiger partial charge < -0.3 is 9.47 Å². The molecule has 0 atom stereocenters. The fourth-order valence-electron chi connectivity index (χ4n) is 1.48. The van der Waals surface area contributed by atoms with Crippen molar-refractivity contribution in [3.8, 4) is 5.75 Å². The topological polar surface area (TPSA) is 42.9 Å². The lowest BCUT2D eigenvalue weighted by atomic mass is 10.2. The van der Waals surface area contributed by atoms with Gasteiger partial charge in [-0.2, -0.15) is 0 Å². The fraction of sp³-hybridized carbons (Fsp3) is 0.308. The summed E-state index contributed by atoms with van der Waals surface area (Å²) in [6.45, 7) is 6.48. The molecule has 1 N–H and O–H groups in total. The number of benzene rings is 1. The number of fused-ring (bicyclic) bond motifs is 1. The van der Waals surface area contributed by atoms with Crippen molar-refractivity contribution in [2.45, 2.75) is 19.8 Å². The van der Waals surface area contributed by atoms with Crippen molar-refractivity contribution in [2.24, 2.45) is 5.10 Å². The minimum Gasteiger partial charge on any atom is -0.476 e. The van der Waals surface area contributed by atoms with Crippen molar-refractivity contribution in [1.29, 1.82) is 0 Å². The second kappa shape index (κ2) is 5.39. The lowest BCUT2D eigenvalue weighted by molar-refractivity contribution is 0.295. The molecule has 1 aromatic carbocycles. The van der Waals surface area contributed by atoms with E-state index in [-0.39, 0.29) is 0 Å². The number of rotatable bonds is 3. The van der Waals surface area contributed by atoms with E-state index in [4.69, 9.17) is 9.47 Å². The summed E-state index contributed by atoms with van der Waals surface area (Å²) in [7, 11) is 0. The fourth-order valence-corrected chi connectivity index (χ4v) is 1.48. The first-order valence-corrected chi connectivity index (χ1v) is 5.74. The van der Waals surface area contributed by atoms with Crippen LogP contribution in [0.4, 0.5) is 0 Å². The molecular formula is C13H16N2O2. The molecule has 0 spiro atoms. The molecule has 0 radical (unpaired) electrons. The van der Waals surface area contributed by atoms with Crippen LogP contribution in [0.1, 0.15) is 25.3 Å². The second-order valence-corrected chi connectivity index (χ2v) is 3.75. The number of nitrogens with zero attached hydrogens (tertiary/aromatic N) is 1. The molecule has 0 bridgehead atoms. The van der Waals surface area contributed by atoms with Crippen LogP contribution < -0.4 is 10.2 Å². The third-order valence-electron chi connectivity index (χ3n) is 2.37. The maximum atomic E-state index is 5.64. The van der Waals surface area contributed by atoms with Crippen molar-refractivity contribution in [3.63, 3.8) is 0 Å². The Bertz CT molecular complexity index is 441. The van der Waals surface area contributed by atoms with Gasteiger partial charge in [0.2, 0.25) is 11.8 Å². The highest BCUT2D eigenvalue weighted by atomic mass is 16.5. The highest BCUT2D eigenvalue weighted by Crippen LogP contribution is 2.22. The van der Waals surface area contributed by atoms with E-state index in [2.05, 4.69) is 24.0 Å². The van der Waals surface area contributed by atoms with Gasteiger partial charge in [-0.1, -0.05) is 25.5 Å². The third-order valence-corrected chi connectivity index (χ3v) is 2.37. The summed E-state index contributed by atoms with van der Waals surface area (Å²) in [6, 6.07) is 7.61. The number of para-hydroxylation sites is 1. The highest BCUT2D eigenvalue weighted by Gasteiger charge is 2.16. The SMILES string of the molecule is C=C1NN=C(OCCCC)c2ccccc2O1. The minimum atomic E-state index is 0.395. The number of ether oxygens (including phenoxy) is 2. The van der Waals surface area contributed by atoms with E-state index in [9.17, 15) is 0 Å². The lowest BCUT2D eigenvalue weighted by Crippen LogP contribution is -2.12. The van der Waals surface area contributed by atoms with Gasteiger partial charge in [0.1, 0.15) is 5.75 Å². The largest absolute Gasteiger partial charge is 0.476 e. The average Bonchev–Trinajstić information content (AvgIpc) is 2.49. The van der Waals surface area contributed by atoms with E-state index in [1.165, 1.54) is 0 Å². The molecule has 90 valence electrons. The van der Waals surface area contributed by atoms with Gasteiger partial charge in [0.15, 0.2) is 0 Å². The molecule has 4 heteroatoms. The van der Waals surface area contributed by atoms with Crippen molar-refractivity contribution in [2.75, 3.05) is 6.61 Å². The minimum absolute atomic E-state index is 0.395. The van der Waals surface area contributed by atoms with Crippen LogP contribution in [0.25, 0.3) is 0 Å². The molecular weight excluding hydrogens is 216 g/mol. The van der Waals surface area contributed by atoms with Gasteiger partial charge in [-0.25, -0.2) is 5.43 Å². The van der Waals surface area contributed by atoms with E-state index in [1.807, 2.05) is 24.3 Å². The van der Waals surface area contributed by atoms with Crippen LogP contribution in [0.2, 0.25) is 0 Å². The average molecular weight is 232 g/mol. The molecule has 1 heterocycles. The molecule has 2 rings (SSSR count). The summed E-state index contributed by atoms with van der Waals surface area (Å²) in [5.41, 5.74) is 3.56. The van der Waals surface area contributed by atoms with E-state index < -0.39 is 0 Å². The van der Waals surface area contributed by atoms with Crippen LogP contribution in [0.3, 0.4) is 0 Å². The Morgan fingerprint density at radius 1 is 1.41 bits per heavy atom. The molecule has 4 nitrogen and oxygen atoms in total. The molecule has 0 saturated heterocycles. The molecule has 0 aromatic heterocycles. The molecule has 0 unspecified atom stereocenters. The van der Waals surface area contributed by atoms with Crippen LogP contribution in [0.15, 0.2) is 41.8 Å². The molecule has 1 aromatic rings. The smallest absolute Gasteiger partial charge is 0.242 e. The van der Waals surface area contributed by atoms with Gasteiger partial charge in [0, 0.05) is 0 Å². The Kier molecular flexibility index (Phi) is 3.65. The molecule has 0 fully saturated rings.